The number of piperidine rings is 1. The van der Waals surface area contributed by atoms with Crippen LogP contribution in [-0.4, -0.2) is 45.9 Å². The van der Waals surface area contributed by atoms with Crippen molar-refractivity contribution in [2.24, 2.45) is 5.92 Å². The molecule has 0 unspecified atom stereocenters. The summed E-state index contributed by atoms with van der Waals surface area (Å²) in [6, 6.07) is 1.98. The highest BCUT2D eigenvalue weighted by Crippen LogP contribution is 2.23. The van der Waals surface area contributed by atoms with Crippen molar-refractivity contribution in [2.45, 2.75) is 26.7 Å². The molecule has 0 bridgehead atoms. The van der Waals surface area contributed by atoms with Crippen LogP contribution in [0.25, 0.3) is 11.0 Å². The summed E-state index contributed by atoms with van der Waals surface area (Å²) in [6.07, 6.45) is 2.91. The largest absolute Gasteiger partial charge is 0.383 e. The Morgan fingerprint density at radius 1 is 1.30 bits per heavy atom. The van der Waals surface area contributed by atoms with Gasteiger partial charge in [-0.1, -0.05) is 0 Å². The van der Waals surface area contributed by atoms with Gasteiger partial charge in [0.15, 0.2) is 5.65 Å². The van der Waals surface area contributed by atoms with Gasteiger partial charge in [-0.2, -0.15) is 9.97 Å². The first kappa shape index (κ1) is 15.5. The van der Waals surface area contributed by atoms with Crippen molar-refractivity contribution in [1.29, 1.82) is 0 Å². The van der Waals surface area contributed by atoms with E-state index in [9.17, 15) is 4.79 Å². The van der Waals surface area contributed by atoms with Gasteiger partial charge in [0.1, 0.15) is 5.82 Å². The van der Waals surface area contributed by atoms with Gasteiger partial charge >= 0.3 is 0 Å². The lowest BCUT2D eigenvalue weighted by molar-refractivity contribution is -0.119. The summed E-state index contributed by atoms with van der Waals surface area (Å²) in [7, 11) is 0. The molecular formula is C16H22N6O. The maximum absolute atomic E-state index is 10.7. The number of aryl methyl sites for hydroxylation is 2. The fourth-order valence-electron chi connectivity index (χ4n) is 3.09. The smallest absolute Gasteiger partial charge is 0.226 e. The first-order valence-corrected chi connectivity index (χ1v) is 7.91. The molecule has 1 fully saturated rings. The van der Waals surface area contributed by atoms with E-state index in [-0.39, 0.29) is 0 Å². The summed E-state index contributed by atoms with van der Waals surface area (Å²) < 4.78 is 0. The molecule has 23 heavy (non-hydrogen) atoms. The summed E-state index contributed by atoms with van der Waals surface area (Å²) >= 11 is 0. The third kappa shape index (κ3) is 3.33. The van der Waals surface area contributed by atoms with E-state index >= 15 is 0 Å². The number of carbonyl (C=O) groups excluding carboxylic acids is 1. The number of pyridine rings is 1. The van der Waals surface area contributed by atoms with Gasteiger partial charge in [0, 0.05) is 25.3 Å². The van der Waals surface area contributed by atoms with Crippen LogP contribution in [0.3, 0.4) is 0 Å². The number of nitrogens with two attached hydrogens (primary N) is 1. The van der Waals surface area contributed by atoms with Crippen LogP contribution < -0.4 is 11.1 Å². The van der Waals surface area contributed by atoms with Gasteiger partial charge in [-0.3, -0.25) is 4.79 Å². The predicted octanol–water partition coefficient (Wildman–Crippen LogP) is 1.50. The number of carbonyl (C=O) groups is 1. The molecule has 3 heterocycles. The summed E-state index contributed by atoms with van der Waals surface area (Å²) in [5, 5.41) is 4.09. The molecule has 0 saturated carbocycles. The summed E-state index contributed by atoms with van der Waals surface area (Å²) in [4.78, 5) is 25.9. The fourth-order valence-corrected chi connectivity index (χ4v) is 3.09. The van der Waals surface area contributed by atoms with E-state index in [0.29, 0.717) is 23.3 Å². The molecule has 0 spiro atoms. The molecule has 122 valence electrons. The van der Waals surface area contributed by atoms with Crippen LogP contribution in [0, 0.1) is 19.8 Å². The minimum atomic E-state index is 0.457. The van der Waals surface area contributed by atoms with E-state index in [4.69, 9.17) is 5.73 Å². The van der Waals surface area contributed by atoms with Crippen LogP contribution in [0.15, 0.2) is 6.07 Å². The zero-order valence-corrected chi connectivity index (χ0v) is 13.5. The number of nitrogens with zero attached hydrogens (tertiary/aromatic N) is 4. The standard InChI is InChI=1S/C16H22N6O/c1-10-7-11(2)19-15-13(10)14(17)20-16(21-15)18-8-12-3-5-22(9-23)6-4-12/h7,9,12H,3-6,8H2,1-2H3,(H3,17,18,19,20,21). The molecule has 1 saturated heterocycles. The second-order valence-electron chi connectivity index (χ2n) is 6.18. The minimum absolute atomic E-state index is 0.457. The molecule has 2 aromatic rings. The molecule has 3 N–H and O–H groups in total. The van der Waals surface area contributed by atoms with Gasteiger partial charge in [-0.05, 0) is 44.2 Å². The average Bonchev–Trinajstić information content (AvgIpc) is 2.52. The van der Waals surface area contributed by atoms with Crippen molar-refractivity contribution in [2.75, 3.05) is 30.7 Å². The Morgan fingerprint density at radius 3 is 2.74 bits per heavy atom. The van der Waals surface area contributed by atoms with E-state index in [1.165, 1.54) is 0 Å². The molecule has 1 amide bonds. The number of hydrogen-bond donors (Lipinski definition) is 2. The number of nitrogen functional groups attached to an aromatic ring is 1. The predicted molar refractivity (Wildman–Crippen MR) is 90.1 cm³/mol. The van der Waals surface area contributed by atoms with Gasteiger partial charge in [0.05, 0.1) is 5.39 Å². The zero-order valence-electron chi connectivity index (χ0n) is 13.5. The first-order chi connectivity index (χ1) is 11.1. The van der Waals surface area contributed by atoms with Crippen molar-refractivity contribution < 1.29 is 4.79 Å². The topological polar surface area (TPSA) is 97.0 Å². The number of anilines is 2. The van der Waals surface area contributed by atoms with Crippen LogP contribution >= 0.6 is 0 Å². The molecule has 1 aliphatic heterocycles. The van der Waals surface area contributed by atoms with Crippen LogP contribution in [0.1, 0.15) is 24.1 Å². The molecule has 0 atom stereocenters. The van der Waals surface area contributed by atoms with Gasteiger partial charge in [0.2, 0.25) is 12.4 Å². The summed E-state index contributed by atoms with van der Waals surface area (Å²) in [6.45, 7) is 6.35. The molecule has 2 aromatic heterocycles. The minimum Gasteiger partial charge on any atom is -0.383 e. The van der Waals surface area contributed by atoms with E-state index in [1.54, 1.807) is 0 Å². The number of fused-ring (bicyclic) bond motifs is 1. The van der Waals surface area contributed by atoms with Crippen LogP contribution in [0.2, 0.25) is 0 Å². The number of nitrogens with one attached hydrogen (secondary N) is 1. The van der Waals surface area contributed by atoms with Crippen molar-refractivity contribution in [3.8, 4) is 0 Å². The zero-order chi connectivity index (χ0) is 16.4. The lowest BCUT2D eigenvalue weighted by Gasteiger charge is -2.29. The van der Waals surface area contributed by atoms with Crippen LogP contribution in [0.5, 0.6) is 0 Å². The Kier molecular flexibility index (Phi) is 4.27. The number of rotatable bonds is 4. The van der Waals surface area contributed by atoms with Gasteiger partial charge < -0.3 is 16.0 Å². The summed E-state index contributed by atoms with van der Waals surface area (Å²) in [5.41, 5.74) is 8.67. The quantitative estimate of drug-likeness (QED) is 0.830. The first-order valence-electron chi connectivity index (χ1n) is 7.91. The van der Waals surface area contributed by atoms with E-state index in [0.717, 1.165) is 55.5 Å². The molecule has 0 radical (unpaired) electrons. The maximum Gasteiger partial charge on any atom is 0.226 e. The Bertz CT molecular complexity index is 724. The molecule has 0 aliphatic carbocycles. The molecule has 3 rings (SSSR count). The molecular weight excluding hydrogens is 292 g/mol. The van der Waals surface area contributed by atoms with E-state index < -0.39 is 0 Å². The van der Waals surface area contributed by atoms with E-state index in [1.807, 2.05) is 24.8 Å². The third-order valence-electron chi connectivity index (χ3n) is 4.37. The highest BCUT2D eigenvalue weighted by Gasteiger charge is 2.18. The third-order valence-corrected chi connectivity index (χ3v) is 4.37. The second-order valence-corrected chi connectivity index (χ2v) is 6.18. The fraction of sp³-hybridized carbons (Fsp3) is 0.500. The SMILES string of the molecule is Cc1cc(C)c2c(N)nc(NCC3CCN(C=O)CC3)nc2n1. The highest BCUT2D eigenvalue weighted by molar-refractivity contribution is 5.89. The monoisotopic (exact) mass is 314 g/mol. The number of hydrogen-bond acceptors (Lipinski definition) is 6. The van der Waals surface area contributed by atoms with E-state index in [2.05, 4.69) is 20.3 Å². The Labute approximate surface area is 135 Å². The Morgan fingerprint density at radius 2 is 2.04 bits per heavy atom. The molecule has 0 aromatic carbocycles. The van der Waals surface area contributed by atoms with Crippen molar-refractivity contribution in [3.05, 3.63) is 17.3 Å². The van der Waals surface area contributed by atoms with Crippen molar-refractivity contribution in [3.63, 3.8) is 0 Å². The normalized spacial score (nSPS) is 15.8. The Hall–Kier alpha value is -2.44. The molecule has 7 nitrogen and oxygen atoms in total. The average molecular weight is 314 g/mol. The Balaban J connectivity index is 1.72. The van der Waals surface area contributed by atoms with Gasteiger partial charge in [-0.15, -0.1) is 0 Å². The van der Waals surface area contributed by atoms with Crippen molar-refractivity contribution in [1.82, 2.24) is 19.9 Å². The van der Waals surface area contributed by atoms with Gasteiger partial charge in [0.25, 0.3) is 0 Å². The van der Waals surface area contributed by atoms with Crippen molar-refractivity contribution >= 4 is 29.2 Å². The van der Waals surface area contributed by atoms with Gasteiger partial charge in [-0.25, -0.2) is 4.98 Å². The number of amides is 1. The lowest BCUT2D eigenvalue weighted by atomic mass is 9.97. The molecule has 1 aliphatic rings. The number of likely N-dealkylation sites (tertiary alicyclic amines) is 1. The maximum atomic E-state index is 10.7. The van der Waals surface area contributed by atoms with Crippen LogP contribution in [0.4, 0.5) is 11.8 Å². The second kappa shape index (κ2) is 6.36. The highest BCUT2D eigenvalue weighted by atomic mass is 16.1. The summed E-state index contributed by atoms with van der Waals surface area (Å²) in [5.74, 6) is 1.49. The number of aromatic nitrogens is 3. The molecule has 7 heteroatoms. The van der Waals surface area contributed by atoms with Crippen LogP contribution in [-0.2, 0) is 4.79 Å². The lowest BCUT2D eigenvalue weighted by Crippen LogP contribution is -2.34.